The summed E-state index contributed by atoms with van der Waals surface area (Å²) in [6.45, 7) is 4.37. The fourth-order valence-electron chi connectivity index (χ4n) is 2.83. The number of ether oxygens (including phenoxy) is 1. The molecule has 1 aliphatic carbocycles. The first-order valence-electron chi connectivity index (χ1n) is 8.62. The number of rotatable bonds is 6. The van der Waals surface area contributed by atoms with Crippen molar-refractivity contribution in [2.45, 2.75) is 38.6 Å². The summed E-state index contributed by atoms with van der Waals surface area (Å²) in [7, 11) is 1.66. The van der Waals surface area contributed by atoms with Gasteiger partial charge in [-0.3, -0.25) is 4.79 Å². The number of hydrogen-bond acceptors (Lipinski definition) is 2. The fraction of sp³-hybridized carbons (Fsp3) is 0.381. The maximum absolute atomic E-state index is 12.3. The molecule has 0 radical (unpaired) electrons. The Labute approximate surface area is 144 Å². The molecule has 1 aliphatic rings. The smallest absolute Gasteiger partial charge is 0.223 e. The summed E-state index contributed by atoms with van der Waals surface area (Å²) in [5.41, 5.74) is 3.49. The van der Waals surface area contributed by atoms with Gasteiger partial charge in [-0.2, -0.15) is 0 Å². The lowest BCUT2D eigenvalue weighted by Gasteiger charge is -2.21. The number of nitrogens with one attached hydrogen (secondary N) is 1. The second kappa shape index (κ2) is 7.08. The van der Waals surface area contributed by atoms with Gasteiger partial charge < -0.3 is 10.1 Å². The Bertz CT molecular complexity index is 685. The third-order valence-electron chi connectivity index (χ3n) is 4.62. The molecule has 126 valence electrons. The molecule has 2 aromatic carbocycles. The van der Waals surface area contributed by atoms with Crippen molar-refractivity contribution in [2.75, 3.05) is 7.11 Å². The number of benzene rings is 2. The Balaban J connectivity index is 1.89. The van der Waals surface area contributed by atoms with Crippen molar-refractivity contribution in [3.8, 4) is 5.75 Å². The van der Waals surface area contributed by atoms with Crippen molar-refractivity contribution < 1.29 is 9.53 Å². The van der Waals surface area contributed by atoms with E-state index in [0.717, 1.165) is 29.7 Å². The van der Waals surface area contributed by atoms with Gasteiger partial charge in [0.2, 0.25) is 5.91 Å². The molecule has 2 aromatic rings. The van der Waals surface area contributed by atoms with Gasteiger partial charge in [0, 0.05) is 5.92 Å². The molecule has 0 saturated heterocycles. The zero-order valence-electron chi connectivity index (χ0n) is 14.6. The second-order valence-corrected chi connectivity index (χ2v) is 6.81. The first-order valence-corrected chi connectivity index (χ1v) is 8.62. The minimum atomic E-state index is -0.120. The Kier molecular flexibility index (Phi) is 4.89. The zero-order chi connectivity index (χ0) is 17.1. The summed E-state index contributed by atoms with van der Waals surface area (Å²) in [6, 6.07) is 16.3. The van der Waals surface area contributed by atoms with Gasteiger partial charge in [-0.15, -0.1) is 0 Å². The van der Waals surface area contributed by atoms with Crippen LogP contribution < -0.4 is 10.1 Å². The monoisotopic (exact) mass is 323 g/mol. The molecule has 0 heterocycles. The van der Waals surface area contributed by atoms with Crippen LogP contribution in [-0.2, 0) is 4.79 Å². The maximum atomic E-state index is 12.3. The van der Waals surface area contributed by atoms with Crippen LogP contribution in [0, 0.1) is 5.92 Å². The first-order chi connectivity index (χ1) is 11.6. The Hall–Kier alpha value is -2.29. The molecule has 3 heteroatoms. The third-order valence-corrected chi connectivity index (χ3v) is 4.62. The van der Waals surface area contributed by atoms with E-state index in [1.165, 1.54) is 5.56 Å². The minimum Gasteiger partial charge on any atom is -0.497 e. The number of carbonyl (C=O) groups is 1. The van der Waals surface area contributed by atoms with E-state index < -0.39 is 0 Å². The Morgan fingerprint density at radius 3 is 1.92 bits per heavy atom. The predicted octanol–water partition coefficient (Wildman–Crippen LogP) is 4.43. The molecule has 0 aromatic heterocycles. The normalized spacial score (nSPS) is 15.2. The summed E-state index contributed by atoms with van der Waals surface area (Å²) in [5.74, 6) is 1.67. The molecule has 1 unspecified atom stereocenters. The molecule has 0 aliphatic heterocycles. The van der Waals surface area contributed by atoms with E-state index in [4.69, 9.17) is 4.74 Å². The van der Waals surface area contributed by atoms with Gasteiger partial charge in [0.15, 0.2) is 0 Å². The average Bonchev–Trinajstić information content (AvgIpc) is 3.45. The standard InChI is InChI=1S/C21H25NO2/c1-14(2)15-4-6-16(7-5-15)20(22-21(23)18-8-9-18)17-10-12-19(24-3)13-11-17/h4-7,10-14,18,20H,8-9H2,1-3H3,(H,22,23). The highest BCUT2D eigenvalue weighted by atomic mass is 16.5. The Morgan fingerprint density at radius 2 is 1.46 bits per heavy atom. The minimum absolute atomic E-state index is 0.120. The topological polar surface area (TPSA) is 38.3 Å². The van der Waals surface area contributed by atoms with Crippen molar-refractivity contribution >= 4 is 5.91 Å². The SMILES string of the molecule is COc1ccc(C(NC(=O)C2CC2)c2ccc(C(C)C)cc2)cc1. The van der Waals surface area contributed by atoms with Crippen LogP contribution in [0.15, 0.2) is 48.5 Å². The van der Waals surface area contributed by atoms with Crippen molar-refractivity contribution in [3.05, 3.63) is 65.2 Å². The van der Waals surface area contributed by atoms with Crippen LogP contribution >= 0.6 is 0 Å². The van der Waals surface area contributed by atoms with Gasteiger partial charge in [0.05, 0.1) is 13.2 Å². The van der Waals surface area contributed by atoms with Gasteiger partial charge in [-0.25, -0.2) is 0 Å². The highest BCUT2D eigenvalue weighted by molar-refractivity contribution is 5.81. The van der Waals surface area contributed by atoms with Gasteiger partial charge in [0.25, 0.3) is 0 Å². The molecule has 3 rings (SSSR count). The molecule has 1 amide bonds. The van der Waals surface area contributed by atoms with Gasteiger partial charge >= 0.3 is 0 Å². The molecule has 0 bridgehead atoms. The fourth-order valence-corrected chi connectivity index (χ4v) is 2.83. The van der Waals surface area contributed by atoms with E-state index in [2.05, 4.69) is 43.4 Å². The summed E-state index contributed by atoms with van der Waals surface area (Å²) in [4.78, 5) is 12.3. The number of carbonyl (C=O) groups excluding carboxylic acids is 1. The molecule has 0 spiro atoms. The van der Waals surface area contributed by atoms with Crippen LogP contribution in [0.25, 0.3) is 0 Å². The van der Waals surface area contributed by atoms with Crippen LogP contribution in [0.1, 0.15) is 55.3 Å². The second-order valence-electron chi connectivity index (χ2n) is 6.81. The van der Waals surface area contributed by atoms with E-state index in [0.29, 0.717) is 5.92 Å². The highest BCUT2D eigenvalue weighted by Crippen LogP contribution is 2.32. The summed E-state index contributed by atoms with van der Waals surface area (Å²) < 4.78 is 5.24. The molecule has 1 N–H and O–H groups in total. The van der Waals surface area contributed by atoms with E-state index in [1.54, 1.807) is 7.11 Å². The molecule has 24 heavy (non-hydrogen) atoms. The zero-order valence-corrected chi connectivity index (χ0v) is 14.6. The van der Waals surface area contributed by atoms with Gasteiger partial charge in [-0.1, -0.05) is 50.2 Å². The van der Waals surface area contributed by atoms with E-state index in [-0.39, 0.29) is 17.9 Å². The summed E-state index contributed by atoms with van der Waals surface area (Å²) in [6.07, 6.45) is 2.01. The quantitative estimate of drug-likeness (QED) is 0.854. The number of methoxy groups -OCH3 is 1. The predicted molar refractivity (Wildman–Crippen MR) is 96.2 cm³/mol. The van der Waals surface area contributed by atoms with Crippen molar-refractivity contribution in [2.24, 2.45) is 5.92 Å². The molecule has 1 fully saturated rings. The van der Waals surface area contributed by atoms with Crippen LogP contribution in [0.3, 0.4) is 0 Å². The summed E-state index contributed by atoms with van der Waals surface area (Å²) in [5, 5.41) is 3.22. The Morgan fingerprint density at radius 1 is 0.958 bits per heavy atom. The van der Waals surface area contributed by atoms with Crippen LogP contribution in [0.4, 0.5) is 0 Å². The largest absolute Gasteiger partial charge is 0.497 e. The lowest BCUT2D eigenvalue weighted by atomic mass is 9.95. The molecular weight excluding hydrogens is 298 g/mol. The van der Waals surface area contributed by atoms with Gasteiger partial charge in [-0.05, 0) is 47.6 Å². The van der Waals surface area contributed by atoms with E-state index in [1.807, 2.05) is 24.3 Å². The highest BCUT2D eigenvalue weighted by Gasteiger charge is 2.31. The number of hydrogen-bond donors (Lipinski definition) is 1. The summed E-state index contributed by atoms with van der Waals surface area (Å²) >= 11 is 0. The first kappa shape index (κ1) is 16.6. The van der Waals surface area contributed by atoms with Crippen LogP contribution in [0.5, 0.6) is 5.75 Å². The van der Waals surface area contributed by atoms with E-state index in [9.17, 15) is 4.79 Å². The molecular formula is C21H25NO2. The van der Waals surface area contributed by atoms with Gasteiger partial charge in [0.1, 0.15) is 5.75 Å². The maximum Gasteiger partial charge on any atom is 0.223 e. The molecule has 3 nitrogen and oxygen atoms in total. The number of amides is 1. The third kappa shape index (κ3) is 3.78. The lowest BCUT2D eigenvalue weighted by Crippen LogP contribution is -2.30. The van der Waals surface area contributed by atoms with Crippen molar-refractivity contribution in [3.63, 3.8) is 0 Å². The van der Waals surface area contributed by atoms with Crippen molar-refractivity contribution in [1.29, 1.82) is 0 Å². The van der Waals surface area contributed by atoms with Crippen molar-refractivity contribution in [1.82, 2.24) is 5.32 Å². The van der Waals surface area contributed by atoms with Crippen LogP contribution in [-0.4, -0.2) is 13.0 Å². The van der Waals surface area contributed by atoms with Crippen LogP contribution in [0.2, 0.25) is 0 Å². The molecule has 1 saturated carbocycles. The van der Waals surface area contributed by atoms with E-state index >= 15 is 0 Å². The average molecular weight is 323 g/mol. The molecule has 1 atom stereocenters. The lowest BCUT2D eigenvalue weighted by molar-refractivity contribution is -0.122.